The second-order valence-corrected chi connectivity index (χ2v) is 6.14. The lowest BCUT2D eigenvalue weighted by atomic mass is 10.3. The topological polar surface area (TPSA) is 64.6 Å². The highest BCUT2D eigenvalue weighted by molar-refractivity contribution is 7.89. The molecule has 0 heterocycles. The molecule has 114 valence electrons. The minimum atomic E-state index is -3.64. The van der Waals surface area contributed by atoms with Crippen molar-refractivity contribution < 1.29 is 17.9 Å². The molecule has 5 nitrogen and oxygen atoms in total. The van der Waals surface area contributed by atoms with Crippen molar-refractivity contribution in [2.75, 3.05) is 26.4 Å². The molecule has 0 unspecified atom stereocenters. The Kier molecular flexibility index (Phi) is 7.29. The number of ether oxygens (including phenoxy) is 2. The molecule has 0 aliphatic heterocycles. The minimum Gasteiger partial charge on any atom is -0.492 e. The summed E-state index contributed by atoms with van der Waals surface area (Å²) in [4.78, 5) is 0.0586. The molecule has 1 aromatic rings. The van der Waals surface area contributed by atoms with Gasteiger partial charge in [-0.15, -0.1) is 0 Å². The standard InChI is InChI=1S/C13H20ClNO4S/c1-3-18-9-5-8-15-20(16,17)13-10-11(14)6-7-12(13)19-4-2/h6-7,10,15H,3-5,8-9H2,1-2H3. The molecule has 1 aromatic carbocycles. The molecule has 0 fully saturated rings. The Hall–Kier alpha value is -0.820. The van der Waals surface area contributed by atoms with Crippen LogP contribution in [0.5, 0.6) is 5.75 Å². The van der Waals surface area contributed by atoms with Gasteiger partial charge in [-0.3, -0.25) is 0 Å². The third-order valence-electron chi connectivity index (χ3n) is 2.46. The van der Waals surface area contributed by atoms with Crippen molar-refractivity contribution >= 4 is 21.6 Å². The van der Waals surface area contributed by atoms with E-state index in [-0.39, 0.29) is 4.90 Å². The zero-order chi connectivity index (χ0) is 15.0. The van der Waals surface area contributed by atoms with Gasteiger partial charge >= 0.3 is 0 Å². The zero-order valence-corrected chi connectivity index (χ0v) is 13.3. The molecular formula is C13H20ClNO4S. The fraction of sp³-hybridized carbons (Fsp3) is 0.538. The molecule has 7 heteroatoms. The van der Waals surface area contributed by atoms with Crippen molar-refractivity contribution in [3.63, 3.8) is 0 Å². The van der Waals surface area contributed by atoms with Crippen LogP contribution in [-0.2, 0) is 14.8 Å². The number of halogens is 1. The van der Waals surface area contributed by atoms with E-state index in [0.717, 1.165) is 0 Å². The average molecular weight is 322 g/mol. The number of benzene rings is 1. The first-order valence-corrected chi connectivity index (χ1v) is 8.37. The maximum Gasteiger partial charge on any atom is 0.244 e. The van der Waals surface area contributed by atoms with Crippen LogP contribution in [0.1, 0.15) is 20.3 Å². The third kappa shape index (κ3) is 5.28. The second-order valence-electron chi connectivity index (χ2n) is 3.97. The lowest BCUT2D eigenvalue weighted by Crippen LogP contribution is -2.26. The summed E-state index contributed by atoms with van der Waals surface area (Å²) in [5.74, 6) is 0.300. The van der Waals surface area contributed by atoms with E-state index >= 15 is 0 Å². The zero-order valence-electron chi connectivity index (χ0n) is 11.7. The second kappa shape index (κ2) is 8.46. The maximum absolute atomic E-state index is 12.2. The molecule has 0 saturated heterocycles. The summed E-state index contributed by atoms with van der Waals surface area (Å²) in [6.45, 7) is 5.52. The first-order valence-electron chi connectivity index (χ1n) is 6.51. The van der Waals surface area contributed by atoms with Crippen molar-refractivity contribution in [2.24, 2.45) is 0 Å². The number of rotatable bonds is 9. The number of nitrogens with one attached hydrogen (secondary N) is 1. The molecule has 0 aliphatic carbocycles. The van der Waals surface area contributed by atoms with Gasteiger partial charge in [0.05, 0.1) is 6.61 Å². The van der Waals surface area contributed by atoms with E-state index in [9.17, 15) is 8.42 Å². The highest BCUT2D eigenvalue weighted by Crippen LogP contribution is 2.27. The Bertz CT molecular complexity index is 519. The number of hydrogen-bond acceptors (Lipinski definition) is 4. The highest BCUT2D eigenvalue weighted by atomic mass is 35.5. The molecule has 1 N–H and O–H groups in total. The number of sulfonamides is 1. The van der Waals surface area contributed by atoms with Crippen LogP contribution in [0.2, 0.25) is 5.02 Å². The van der Waals surface area contributed by atoms with Crippen molar-refractivity contribution in [3.05, 3.63) is 23.2 Å². The summed E-state index contributed by atoms with van der Waals surface area (Å²) < 4.78 is 37.4. The van der Waals surface area contributed by atoms with Gasteiger partial charge in [-0.05, 0) is 38.5 Å². The molecular weight excluding hydrogens is 302 g/mol. The summed E-state index contributed by atoms with van der Waals surface area (Å²) in [6.07, 6.45) is 0.609. The summed E-state index contributed by atoms with van der Waals surface area (Å²) >= 11 is 5.86. The predicted octanol–water partition coefficient (Wildman–Crippen LogP) is 2.44. The first-order chi connectivity index (χ1) is 9.51. The smallest absolute Gasteiger partial charge is 0.244 e. The molecule has 0 saturated carbocycles. The lowest BCUT2D eigenvalue weighted by molar-refractivity contribution is 0.146. The summed E-state index contributed by atoms with van der Waals surface area (Å²) in [5, 5.41) is 0.350. The van der Waals surface area contributed by atoms with Crippen LogP contribution in [-0.4, -0.2) is 34.8 Å². The molecule has 0 bridgehead atoms. The van der Waals surface area contributed by atoms with Gasteiger partial charge in [0, 0.05) is 24.8 Å². The fourth-order valence-electron chi connectivity index (χ4n) is 1.57. The van der Waals surface area contributed by atoms with Gasteiger partial charge in [0.25, 0.3) is 0 Å². The molecule has 0 aromatic heterocycles. The van der Waals surface area contributed by atoms with Crippen LogP contribution in [0.25, 0.3) is 0 Å². The lowest BCUT2D eigenvalue weighted by Gasteiger charge is -2.12. The normalized spacial score (nSPS) is 11.6. The summed E-state index contributed by atoms with van der Waals surface area (Å²) in [7, 11) is -3.64. The van der Waals surface area contributed by atoms with Gasteiger partial charge in [0.1, 0.15) is 10.6 Å². The Morgan fingerprint density at radius 3 is 2.65 bits per heavy atom. The number of hydrogen-bond donors (Lipinski definition) is 1. The molecule has 0 spiro atoms. The summed E-state index contributed by atoms with van der Waals surface area (Å²) in [6, 6.07) is 4.54. The van der Waals surface area contributed by atoms with Gasteiger partial charge in [0.2, 0.25) is 10.0 Å². The third-order valence-corrected chi connectivity index (χ3v) is 4.17. The van der Waals surface area contributed by atoms with Gasteiger partial charge in [-0.1, -0.05) is 11.6 Å². The monoisotopic (exact) mass is 321 g/mol. The van der Waals surface area contributed by atoms with Crippen molar-refractivity contribution in [2.45, 2.75) is 25.2 Å². The maximum atomic E-state index is 12.2. The first kappa shape index (κ1) is 17.2. The fourth-order valence-corrected chi connectivity index (χ4v) is 3.05. The SMILES string of the molecule is CCOCCCNS(=O)(=O)c1cc(Cl)ccc1OCC. The van der Waals surface area contributed by atoms with Crippen LogP contribution < -0.4 is 9.46 Å². The molecule has 1 rings (SSSR count). The Morgan fingerprint density at radius 1 is 1.25 bits per heavy atom. The molecule has 20 heavy (non-hydrogen) atoms. The van der Waals surface area contributed by atoms with Gasteiger partial charge in [0.15, 0.2) is 0 Å². The van der Waals surface area contributed by atoms with Gasteiger partial charge in [-0.2, -0.15) is 0 Å². The van der Waals surface area contributed by atoms with Gasteiger partial charge < -0.3 is 9.47 Å². The molecule has 0 amide bonds. The van der Waals surface area contributed by atoms with E-state index in [2.05, 4.69) is 4.72 Å². The van der Waals surface area contributed by atoms with E-state index in [4.69, 9.17) is 21.1 Å². The molecule has 0 atom stereocenters. The van der Waals surface area contributed by atoms with Crippen molar-refractivity contribution in [1.29, 1.82) is 0 Å². The van der Waals surface area contributed by atoms with E-state index < -0.39 is 10.0 Å². The predicted molar refractivity (Wildman–Crippen MR) is 78.9 cm³/mol. The highest BCUT2D eigenvalue weighted by Gasteiger charge is 2.19. The van der Waals surface area contributed by atoms with E-state index in [0.29, 0.717) is 43.6 Å². The van der Waals surface area contributed by atoms with Gasteiger partial charge in [-0.25, -0.2) is 13.1 Å². The Morgan fingerprint density at radius 2 is 2.00 bits per heavy atom. The average Bonchev–Trinajstić information content (AvgIpc) is 2.40. The Balaban J connectivity index is 2.77. The Labute approximate surface area is 125 Å². The van der Waals surface area contributed by atoms with Crippen LogP contribution in [0.4, 0.5) is 0 Å². The van der Waals surface area contributed by atoms with Crippen molar-refractivity contribution in [1.82, 2.24) is 4.72 Å². The van der Waals surface area contributed by atoms with Crippen LogP contribution in [0.3, 0.4) is 0 Å². The van der Waals surface area contributed by atoms with E-state index in [1.807, 2.05) is 6.92 Å². The van der Waals surface area contributed by atoms with E-state index in [1.165, 1.54) is 6.07 Å². The van der Waals surface area contributed by atoms with Crippen molar-refractivity contribution in [3.8, 4) is 5.75 Å². The molecule has 0 aliphatic rings. The minimum absolute atomic E-state index is 0.0586. The van der Waals surface area contributed by atoms with Crippen LogP contribution in [0.15, 0.2) is 23.1 Å². The van der Waals surface area contributed by atoms with Crippen LogP contribution in [0, 0.1) is 0 Å². The summed E-state index contributed by atoms with van der Waals surface area (Å²) in [5.41, 5.74) is 0. The van der Waals surface area contributed by atoms with Crippen LogP contribution >= 0.6 is 11.6 Å². The van der Waals surface area contributed by atoms with E-state index in [1.54, 1.807) is 19.1 Å². The quantitative estimate of drug-likeness (QED) is 0.710. The molecule has 0 radical (unpaired) electrons. The largest absolute Gasteiger partial charge is 0.492 e.